The molecule has 2 rings (SSSR count). The highest BCUT2D eigenvalue weighted by Gasteiger charge is 2.17. The van der Waals surface area contributed by atoms with Crippen molar-refractivity contribution in [2.24, 2.45) is 0 Å². The number of carbonyl (C=O) groups is 1. The molecule has 0 aliphatic heterocycles. The fourth-order valence-corrected chi connectivity index (χ4v) is 3.81. The Labute approximate surface area is 174 Å². The van der Waals surface area contributed by atoms with Crippen LogP contribution in [0.3, 0.4) is 0 Å². The van der Waals surface area contributed by atoms with E-state index in [-0.39, 0.29) is 29.2 Å². The lowest BCUT2D eigenvalue weighted by Crippen LogP contribution is -2.35. The number of hydrogen-bond acceptors (Lipinski definition) is 4. The van der Waals surface area contributed by atoms with Crippen LogP contribution in [-0.4, -0.2) is 41.0 Å². The minimum Gasteiger partial charge on any atom is -0.373 e. The van der Waals surface area contributed by atoms with Crippen molar-refractivity contribution in [1.82, 2.24) is 10.0 Å². The van der Waals surface area contributed by atoms with Crippen molar-refractivity contribution < 1.29 is 13.2 Å². The fraction of sp³-hybridized carbons (Fsp3) is 0.409. The van der Waals surface area contributed by atoms with Crippen LogP contribution in [0.25, 0.3) is 0 Å². The highest BCUT2D eigenvalue weighted by Crippen LogP contribution is 2.23. The SMILES string of the molecule is CN(CCNC(=O)CCNS(=O)(=O)c1ccc(C(C)(C)C)cc1)c1ccccc1. The maximum atomic E-state index is 12.4. The predicted octanol–water partition coefficient (Wildman–Crippen LogP) is 2.91. The van der Waals surface area contributed by atoms with Crippen molar-refractivity contribution in [1.29, 1.82) is 0 Å². The topological polar surface area (TPSA) is 78.5 Å². The van der Waals surface area contributed by atoms with Gasteiger partial charge in [-0.1, -0.05) is 51.1 Å². The van der Waals surface area contributed by atoms with Crippen LogP contribution in [0.5, 0.6) is 0 Å². The van der Waals surface area contributed by atoms with Crippen LogP contribution in [0.15, 0.2) is 59.5 Å². The number of nitrogens with one attached hydrogen (secondary N) is 2. The molecule has 2 N–H and O–H groups in total. The second-order valence-corrected chi connectivity index (χ2v) is 9.80. The van der Waals surface area contributed by atoms with Crippen molar-refractivity contribution in [2.75, 3.05) is 31.6 Å². The van der Waals surface area contributed by atoms with Gasteiger partial charge in [-0.15, -0.1) is 0 Å². The lowest BCUT2D eigenvalue weighted by atomic mass is 9.87. The predicted molar refractivity (Wildman–Crippen MR) is 118 cm³/mol. The summed E-state index contributed by atoms with van der Waals surface area (Å²) in [5.41, 5.74) is 2.10. The third kappa shape index (κ3) is 7.18. The van der Waals surface area contributed by atoms with Crippen LogP contribution in [0.2, 0.25) is 0 Å². The van der Waals surface area contributed by atoms with Gasteiger partial charge in [0.1, 0.15) is 0 Å². The molecule has 0 heterocycles. The van der Waals surface area contributed by atoms with Gasteiger partial charge in [-0.25, -0.2) is 13.1 Å². The average Bonchev–Trinajstić information content (AvgIpc) is 2.68. The molecule has 2 aromatic carbocycles. The van der Waals surface area contributed by atoms with Crippen LogP contribution in [0, 0.1) is 0 Å². The third-order valence-corrected chi connectivity index (χ3v) is 6.12. The largest absolute Gasteiger partial charge is 0.373 e. The molecule has 6 nitrogen and oxygen atoms in total. The number of benzene rings is 2. The molecule has 0 saturated heterocycles. The van der Waals surface area contributed by atoms with Crippen molar-refractivity contribution in [2.45, 2.75) is 37.5 Å². The first kappa shape index (κ1) is 22.9. The van der Waals surface area contributed by atoms with Gasteiger partial charge in [-0.3, -0.25) is 4.79 Å². The average molecular weight is 418 g/mol. The molecule has 0 bridgehead atoms. The fourth-order valence-electron chi connectivity index (χ4n) is 2.78. The van der Waals surface area contributed by atoms with Crippen molar-refractivity contribution in [3.63, 3.8) is 0 Å². The van der Waals surface area contributed by atoms with Gasteiger partial charge in [0.15, 0.2) is 0 Å². The highest BCUT2D eigenvalue weighted by atomic mass is 32.2. The first-order valence-corrected chi connectivity index (χ1v) is 11.2. The summed E-state index contributed by atoms with van der Waals surface area (Å²) in [7, 11) is -1.67. The quantitative estimate of drug-likeness (QED) is 0.658. The summed E-state index contributed by atoms with van der Waals surface area (Å²) in [4.78, 5) is 14.2. The van der Waals surface area contributed by atoms with Crippen molar-refractivity contribution >= 4 is 21.6 Å². The van der Waals surface area contributed by atoms with Gasteiger partial charge >= 0.3 is 0 Å². The molecule has 1 amide bonds. The van der Waals surface area contributed by atoms with E-state index in [1.54, 1.807) is 12.1 Å². The molecular formula is C22H31N3O3S. The Morgan fingerprint density at radius 3 is 2.17 bits per heavy atom. The Hall–Kier alpha value is -2.38. The number of para-hydroxylation sites is 1. The van der Waals surface area contributed by atoms with Gasteiger partial charge in [0.2, 0.25) is 15.9 Å². The molecule has 0 spiro atoms. The molecule has 0 radical (unpaired) electrons. The summed E-state index contributed by atoms with van der Waals surface area (Å²) >= 11 is 0. The number of amides is 1. The second-order valence-electron chi connectivity index (χ2n) is 8.03. The zero-order valence-corrected chi connectivity index (χ0v) is 18.4. The Morgan fingerprint density at radius 2 is 1.59 bits per heavy atom. The van der Waals surface area contributed by atoms with E-state index in [1.807, 2.05) is 54.4 Å². The van der Waals surface area contributed by atoms with Gasteiger partial charge in [0.25, 0.3) is 0 Å². The summed E-state index contributed by atoms with van der Waals surface area (Å²) in [6, 6.07) is 16.7. The van der Waals surface area contributed by atoms with Gasteiger partial charge in [-0.2, -0.15) is 0 Å². The number of sulfonamides is 1. The Kier molecular flexibility index (Phi) is 7.81. The van der Waals surface area contributed by atoms with Gasteiger partial charge in [-0.05, 0) is 35.2 Å². The Balaban J connectivity index is 1.74. The van der Waals surface area contributed by atoms with E-state index in [9.17, 15) is 13.2 Å². The summed E-state index contributed by atoms with van der Waals surface area (Å²) < 4.78 is 27.3. The van der Waals surface area contributed by atoms with Crippen LogP contribution in [0.1, 0.15) is 32.8 Å². The minimum absolute atomic E-state index is 0.0393. The molecule has 0 fully saturated rings. The number of likely N-dealkylation sites (N-methyl/N-ethyl adjacent to an activating group) is 1. The molecular weight excluding hydrogens is 386 g/mol. The molecule has 7 heteroatoms. The third-order valence-electron chi connectivity index (χ3n) is 4.64. The summed E-state index contributed by atoms with van der Waals surface area (Å²) in [6.45, 7) is 7.44. The van der Waals surface area contributed by atoms with E-state index >= 15 is 0 Å². The van der Waals surface area contributed by atoms with Crippen LogP contribution in [-0.2, 0) is 20.2 Å². The lowest BCUT2D eigenvalue weighted by molar-refractivity contribution is -0.120. The number of hydrogen-bond donors (Lipinski definition) is 2. The Morgan fingerprint density at radius 1 is 0.966 bits per heavy atom. The van der Waals surface area contributed by atoms with E-state index in [1.165, 1.54) is 0 Å². The van der Waals surface area contributed by atoms with E-state index in [0.717, 1.165) is 11.3 Å². The smallest absolute Gasteiger partial charge is 0.240 e. The first-order valence-electron chi connectivity index (χ1n) is 9.73. The molecule has 2 aromatic rings. The van der Waals surface area contributed by atoms with Crippen LogP contribution in [0.4, 0.5) is 5.69 Å². The van der Waals surface area contributed by atoms with Gasteiger partial charge < -0.3 is 10.2 Å². The molecule has 0 aliphatic carbocycles. The summed E-state index contributed by atoms with van der Waals surface area (Å²) in [6.07, 6.45) is 0.0916. The zero-order valence-electron chi connectivity index (χ0n) is 17.6. The normalized spacial score (nSPS) is 11.9. The van der Waals surface area contributed by atoms with Crippen LogP contribution < -0.4 is 14.9 Å². The molecule has 0 aromatic heterocycles. The zero-order chi connectivity index (χ0) is 21.5. The number of rotatable bonds is 9. The minimum atomic E-state index is -3.63. The second kappa shape index (κ2) is 9.89. The highest BCUT2D eigenvalue weighted by molar-refractivity contribution is 7.89. The molecule has 0 aliphatic rings. The standard InChI is InChI=1S/C22H31N3O3S/c1-22(2,3)18-10-12-20(13-11-18)29(27,28)24-15-14-21(26)23-16-17-25(4)19-8-6-5-7-9-19/h5-13,24H,14-17H2,1-4H3,(H,23,26). The van der Waals surface area contributed by atoms with E-state index in [0.29, 0.717) is 13.1 Å². The number of carbonyl (C=O) groups excluding carboxylic acids is 1. The summed E-state index contributed by atoms with van der Waals surface area (Å²) in [5.74, 6) is -0.183. The van der Waals surface area contributed by atoms with Gasteiger partial charge in [0, 0.05) is 38.8 Å². The molecule has 0 unspecified atom stereocenters. The maximum Gasteiger partial charge on any atom is 0.240 e. The Bertz CT molecular complexity index is 889. The number of nitrogens with zero attached hydrogens (tertiary/aromatic N) is 1. The van der Waals surface area contributed by atoms with E-state index in [4.69, 9.17) is 0 Å². The van der Waals surface area contributed by atoms with Crippen molar-refractivity contribution in [3.05, 3.63) is 60.2 Å². The van der Waals surface area contributed by atoms with Crippen LogP contribution >= 0.6 is 0 Å². The summed E-state index contributed by atoms with van der Waals surface area (Å²) in [5, 5.41) is 2.82. The maximum absolute atomic E-state index is 12.4. The lowest BCUT2D eigenvalue weighted by Gasteiger charge is -2.19. The van der Waals surface area contributed by atoms with E-state index < -0.39 is 10.0 Å². The molecule has 0 saturated carbocycles. The first-order chi connectivity index (χ1) is 13.6. The molecule has 158 valence electrons. The molecule has 0 atom stereocenters. The van der Waals surface area contributed by atoms with Crippen molar-refractivity contribution in [3.8, 4) is 0 Å². The number of anilines is 1. The van der Waals surface area contributed by atoms with E-state index in [2.05, 4.69) is 30.8 Å². The van der Waals surface area contributed by atoms with Gasteiger partial charge in [0.05, 0.1) is 4.90 Å². The molecule has 29 heavy (non-hydrogen) atoms. The monoisotopic (exact) mass is 417 g/mol.